The van der Waals surface area contributed by atoms with Crippen molar-refractivity contribution in [1.82, 2.24) is 25.6 Å². The molecule has 0 aliphatic carbocycles. The lowest BCUT2D eigenvalue weighted by Crippen LogP contribution is -2.44. The molecule has 2 aliphatic heterocycles. The summed E-state index contributed by atoms with van der Waals surface area (Å²) in [7, 11) is 0. The van der Waals surface area contributed by atoms with Gasteiger partial charge < -0.3 is 19.3 Å². The summed E-state index contributed by atoms with van der Waals surface area (Å²) in [6.07, 6.45) is 0. The highest BCUT2D eigenvalue weighted by atomic mass is 32.1. The Hall–Kier alpha value is -2.21. The van der Waals surface area contributed by atoms with Crippen molar-refractivity contribution in [2.75, 3.05) is 52.6 Å². The molecule has 2 fully saturated rings. The number of nitrogens with one attached hydrogen (secondary N) is 2. The van der Waals surface area contributed by atoms with Crippen molar-refractivity contribution in [3.8, 4) is 0 Å². The van der Waals surface area contributed by atoms with Crippen molar-refractivity contribution in [1.29, 1.82) is 0 Å². The van der Waals surface area contributed by atoms with Gasteiger partial charge in [0.2, 0.25) is 0 Å². The monoisotopic (exact) mass is 449 g/mol. The fraction of sp³-hybridized carbons (Fsp3) is 0.526. The molecule has 2 saturated heterocycles. The average Bonchev–Trinajstić information content (AvgIpc) is 2.81. The molecule has 30 heavy (non-hydrogen) atoms. The Morgan fingerprint density at radius 3 is 1.63 bits per heavy atom. The summed E-state index contributed by atoms with van der Waals surface area (Å²) in [5.41, 5.74) is 8.86. The number of rotatable bonds is 4. The van der Waals surface area contributed by atoms with E-state index >= 15 is 0 Å². The lowest BCUT2D eigenvalue weighted by molar-refractivity contribution is 0.0677. The SMILES string of the molecule is C/C(=N\NC(=S)N1CCOCC1)c1cccc(/C(C)=N/NC(=S)N2CCOCC2)n1. The van der Waals surface area contributed by atoms with Gasteiger partial charge >= 0.3 is 0 Å². The second-order valence-electron chi connectivity index (χ2n) is 6.84. The Balaban J connectivity index is 1.59. The van der Waals surface area contributed by atoms with Crippen LogP contribution in [0.1, 0.15) is 25.2 Å². The normalized spacial score (nSPS) is 18.2. The number of thiocarbonyl (C=S) groups is 2. The lowest BCUT2D eigenvalue weighted by Gasteiger charge is -2.28. The van der Waals surface area contributed by atoms with E-state index < -0.39 is 0 Å². The van der Waals surface area contributed by atoms with Gasteiger partial charge in [0.05, 0.1) is 49.2 Å². The first-order valence-corrected chi connectivity index (χ1v) is 10.7. The molecule has 1 aromatic heterocycles. The molecule has 0 unspecified atom stereocenters. The molecule has 0 spiro atoms. The molecule has 0 amide bonds. The second-order valence-corrected chi connectivity index (χ2v) is 7.61. The quantitative estimate of drug-likeness (QED) is 0.396. The standard InChI is InChI=1S/C19H27N7O2S2/c1-14(21-23-18(29)25-6-10-27-11-7-25)16-4-3-5-17(20-16)15(2)22-24-19(30)26-8-12-28-13-9-26/h3-5H,6-13H2,1-2H3,(H,23,29)(H,24,30)/b21-14+,22-15+. The van der Waals surface area contributed by atoms with Crippen LogP contribution in [0.2, 0.25) is 0 Å². The van der Waals surface area contributed by atoms with E-state index in [0.717, 1.165) is 49.0 Å². The van der Waals surface area contributed by atoms with Crippen molar-refractivity contribution >= 4 is 46.1 Å². The summed E-state index contributed by atoms with van der Waals surface area (Å²) in [5.74, 6) is 0. The summed E-state index contributed by atoms with van der Waals surface area (Å²) in [5, 5.41) is 9.96. The third kappa shape index (κ3) is 6.39. The topological polar surface area (TPSA) is 86.6 Å². The van der Waals surface area contributed by atoms with E-state index in [9.17, 15) is 0 Å². The molecule has 0 bridgehead atoms. The summed E-state index contributed by atoms with van der Waals surface area (Å²) < 4.78 is 10.7. The summed E-state index contributed by atoms with van der Waals surface area (Å²) in [6, 6.07) is 5.73. The van der Waals surface area contributed by atoms with E-state index in [1.165, 1.54) is 0 Å². The number of morpholine rings is 2. The maximum Gasteiger partial charge on any atom is 0.189 e. The van der Waals surface area contributed by atoms with Crippen LogP contribution in [0, 0.1) is 0 Å². The molecule has 2 N–H and O–H groups in total. The van der Waals surface area contributed by atoms with Gasteiger partial charge in [-0.2, -0.15) is 10.2 Å². The van der Waals surface area contributed by atoms with Crippen LogP contribution in [0.3, 0.4) is 0 Å². The molecule has 0 atom stereocenters. The minimum absolute atomic E-state index is 0.590. The third-order valence-corrected chi connectivity index (χ3v) is 5.42. The van der Waals surface area contributed by atoms with Crippen LogP contribution in [-0.2, 0) is 9.47 Å². The van der Waals surface area contributed by atoms with E-state index in [1.54, 1.807) is 0 Å². The number of ether oxygens (including phenoxy) is 2. The fourth-order valence-corrected chi connectivity index (χ4v) is 3.35. The highest BCUT2D eigenvalue weighted by Gasteiger charge is 2.14. The van der Waals surface area contributed by atoms with Gasteiger partial charge in [0.15, 0.2) is 10.2 Å². The van der Waals surface area contributed by atoms with Crippen LogP contribution in [0.5, 0.6) is 0 Å². The molecule has 1 aromatic rings. The highest BCUT2D eigenvalue weighted by Crippen LogP contribution is 2.04. The summed E-state index contributed by atoms with van der Waals surface area (Å²) in [4.78, 5) is 8.74. The van der Waals surface area contributed by atoms with Crippen molar-refractivity contribution in [2.24, 2.45) is 10.2 Å². The first-order chi connectivity index (χ1) is 14.5. The molecule has 11 heteroatoms. The van der Waals surface area contributed by atoms with Gasteiger partial charge in [-0.05, 0) is 50.4 Å². The van der Waals surface area contributed by atoms with E-state index in [4.69, 9.17) is 33.9 Å². The smallest absolute Gasteiger partial charge is 0.189 e. The van der Waals surface area contributed by atoms with Gasteiger partial charge in [-0.3, -0.25) is 10.9 Å². The van der Waals surface area contributed by atoms with E-state index in [-0.39, 0.29) is 0 Å². The minimum Gasteiger partial charge on any atom is -0.378 e. The molecule has 0 radical (unpaired) electrons. The van der Waals surface area contributed by atoms with Crippen LogP contribution < -0.4 is 10.9 Å². The number of hydrogen-bond donors (Lipinski definition) is 2. The second kappa shape index (κ2) is 11.3. The predicted octanol–water partition coefficient (Wildman–Crippen LogP) is 0.943. The van der Waals surface area contributed by atoms with Crippen LogP contribution in [0.15, 0.2) is 28.4 Å². The maximum absolute atomic E-state index is 5.40. The van der Waals surface area contributed by atoms with Crippen LogP contribution in [0.4, 0.5) is 0 Å². The zero-order chi connectivity index (χ0) is 21.3. The molecule has 3 heterocycles. The van der Waals surface area contributed by atoms with Crippen LogP contribution in [0.25, 0.3) is 0 Å². The van der Waals surface area contributed by atoms with Crippen molar-refractivity contribution < 1.29 is 9.47 Å². The minimum atomic E-state index is 0.590. The Morgan fingerprint density at radius 1 is 0.833 bits per heavy atom. The molecule has 0 saturated carbocycles. The number of nitrogens with zero attached hydrogens (tertiary/aromatic N) is 5. The zero-order valence-electron chi connectivity index (χ0n) is 17.3. The van der Waals surface area contributed by atoms with Gasteiger partial charge in [-0.25, -0.2) is 4.98 Å². The number of hydrogen-bond acceptors (Lipinski definition) is 7. The Bertz CT molecular complexity index is 756. The largest absolute Gasteiger partial charge is 0.378 e. The molecule has 0 aromatic carbocycles. The van der Waals surface area contributed by atoms with Gasteiger partial charge in [-0.15, -0.1) is 0 Å². The third-order valence-electron chi connectivity index (χ3n) is 4.73. The Kier molecular flexibility index (Phi) is 8.43. The molecular weight excluding hydrogens is 422 g/mol. The van der Waals surface area contributed by atoms with Crippen LogP contribution in [-0.4, -0.2) is 89.0 Å². The van der Waals surface area contributed by atoms with E-state index in [1.807, 2.05) is 41.8 Å². The van der Waals surface area contributed by atoms with Crippen molar-refractivity contribution in [3.05, 3.63) is 29.6 Å². The predicted molar refractivity (Wildman–Crippen MR) is 125 cm³/mol. The van der Waals surface area contributed by atoms with Crippen molar-refractivity contribution in [3.63, 3.8) is 0 Å². The van der Waals surface area contributed by atoms with Gasteiger partial charge in [-0.1, -0.05) is 6.07 Å². The van der Waals surface area contributed by atoms with Crippen LogP contribution >= 0.6 is 24.4 Å². The highest BCUT2D eigenvalue weighted by molar-refractivity contribution is 7.80. The number of pyridine rings is 1. The summed E-state index contributed by atoms with van der Waals surface area (Å²) >= 11 is 10.8. The lowest BCUT2D eigenvalue weighted by atomic mass is 10.2. The zero-order valence-corrected chi connectivity index (χ0v) is 18.9. The van der Waals surface area contributed by atoms with E-state index in [2.05, 4.69) is 26.0 Å². The van der Waals surface area contributed by atoms with Gasteiger partial charge in [0, 0.05) is 26.2 Å². The molecule has 9 nitrogen and oxygen atoms in total. The number of aromatic nitrogens is 1. The first kappa shape index (κ1) is 22.5. The van der Waals surface area contributed by atoms with Gasteiger partial charge in [0.25, 0.3) is 0 Å². The maximum atomic E-state index is 5.40. The Morgan fingerprint density at radius 2 is 1.23 bits per heavy atom. The molecule has 162 valence electrons. The summed E-state index contributed by atoms with van der Waals surface area (Å²) in [6.45, 7) is 9.55. The Labute approximate surface area is 187 Å². The van der Waals surface area contributed by atoms with Crippen molar-refractivity contribution in [2.45, 2.75) is 13.8 Å². The van der Waals surface area contributed by atoms with E-state index in [0.29, 0.717) is 36.7 Å². The molecule has 3 rings (SSSR count). The average molecular weight is 450 g/mol. The molecule has 2 aliphatic rings. The van der Waals surface area contributed by atoms with Gasteiger partial charge in [0.1, 0.15) is 0 Å². The molecular formula is C19H27N7O2S2. The fourth-order valence-electron chi connectivity index (χ4n) is 2.89. The first-order valence-electron chi connectivity index (χ1n) is 9.86. The number of hydrazone groups is 2.